The zero-order chi connectivity index (χ0) is 14.9. The van der Waals surface area contributed by atoms with Gasteiger partial charge in [-0.3, -0.25) is 9.78 Å². The van der Waals surface area contributed by atoms with Gasteiger partial charge in [-0.05, 0) is 36.8 Å². The van der Waals surface area contributed by atoms with E-state index < -0.39 is 4.75 Å². The van der Waals surface area contributed by atoms with Crippen molar-refractivity contribution < 1.29 is 4.79 Å². The van der Waals surface area contributed by atoms with Crippen molar-refractivity contribution in [1.29, 1.82) is 0 Å². The monoisotopic (exact) mass is 317 g/mol. The highest BCUT2D eigenvalue weighted by molar-refractivity contribution is 8.15. The maximum absolute atomic E-state index is 12.3. The average Bonchev–Trinajstić information content (AvgIpc) is 2.78. The van der Waals surface area contributed by atoms with E-state index in [1.807, 2.05) is 37.3 Å². The summed E-state index contributed by atoms with van der Waals surface area (Å²) in [5.41, 5.74) is 1.53. The second kappa shape index (κ2) is 5.50. The molecule has 106 valence electrons. The molecule has 0 saturated carbocycles. The molecule has 3 rings (SSSR count). The first kappa shape index (κ1) is 14.1. The smallest absolute Gasteiger partial charge is 0.246 e. The SMILES string of the molecule is CC1(c2ccncc2)SC(=Nc2ccccc2Cl)NC1=O. The molecule has 21 heavy (non-hydrogen) atoms. The van der Waals surface area contributed by atoms with Gasteiger partial charge in [0.25, 0.3) is 0 Å². The molecule has 0 aliphatic carbocycles. The third-order valence-corrected chi connectivity index (χ3v) is 4.80. The lowest BCUT2D eigenvalue weighted by Gasteiger charge is -2.18. The van der Waals surface area contributed by atoms with Gasteiger partial charge in [0.2, 0.25) is 5.91 Å². The van der Waals surface area contributed by atoms with Gasteiger partial charge < -0.3 is 5.32 Å². The van der Waals surface area contributed by atoms with Crippen molar-refractivity contribution in [3.63, 3.8) is 0 Å². The number of amides is 1. The van der Waals surface area contributed by atoms with Crippen LogP contribution in [0.1, 0.15) is 12.5 Å². The fourth-order valence-corrected chi connectivity index (χ4v) is 3.29. The number of pyridine rings is 1. The van der Waals surface area contributed by atoms with Gasteiger partial charge in [-0.25, -0.2) is 4.99 Å². The van der Waals surface area contributed by atoms with Crippen LogP contribution in [0.5, 0.6) is 0 Å². The van der Waals surface area contributed by atoms with Crippen LogP contribution in [-0.2, 0) is 9.54 Å². The van der Waals surface area contributed by atoms with Gasteiger partial charge >= 0.3 is 0 Å². The summed E-state index contributed by atoms with van der Waals surface area (Å²) in [6.07, 6.45) is 3.36. The number of hydrogen-bond donors (Lipinski definition) is 1. The van der Waals surface area contributed by atoms with Gasteiger partial charge in [-0.2, -0.15) is 0 Å². The topological polar surface area (TPSA) is 54.4 Å². The Morgan fingerprint density at radius 1 is 1.24 bits per heavy atom. The van der Waals surface area contributed by atoms with Crippen LogP contribution >= 0.6 is 23.4 Å². The second-order valence-corrected chi connectivity index (χ2v) is 6.51. The summed E-state index contributed by atoms with van der Waals surface area (Å²) in [4.78, 5) is 20.7. The molecule has 0 radical (unpaired) electrons. The first-order chi connectivity index (χ1) is 10.1. The van der Waals surface area contributed by atoms with E-state index in [-0.39, 0.29) is 5.91 Å². The molecule has 1 aromatic heterocycles. The van der Waals surface area contributed by atoms with E-state index in [1.54, 1.807) is 18.5 Å². The van der Waals surface area contributed by atoms with Gasteiger partial charge in [0.1, 0.15) is 4.75 Å². The molecule has 1 saturated heterocycles. The van der Waals surface area contributed by atoms with Crippen molar-refractivity contribution in [1.82, 2.24) is 10.3 Å². The molecule has 1 amide bonds. The molecule has 0 spiro atoms. The fourth-order valence-electron chi connectivity index (χ4n) is 2.04. The van der Waals surface area contributed by atoms with E-state index in [9.17, 15) is 4.79 Å². The van der Waals surface area contributed by atoms with Crippen LogP contribution in [0.3, 0.4) is 0 Å². The first-order valence-corrected chi connectivity index (χ1v) is 7.53. The summed E-state index contributed by atoms with van der Waals surface area (Å²) >= 11 is 7.47. The Kier molecular flexibility index (Phi) is 3.69. The molecule has 1 aliphatic heterocycles. The average molecular weight is 318 g/mol. The van der Waals surface area contributed by atoms with Gasteiger partial charge in [-0.1, -0.05) is 35.5 Å². The molecule has 0 bridgehead atoms. The summed E-state index contributed by atoms with van der Waals surface area (Å²) in [7, 11) is 0. The molecule has 1 unspecified atom stereocenters. The lowest BCUT2D eigenvalue weighted by Crippen LogP contribution is -2.31. The number of thioether (sulfide) groups is 1. The van der Waals surface area contributed by atoms with Crippen molar-refractivity contribution in [3.8, 4) is 0 Å². The molecule has 4 nitrogen and oxygen atoms in total. The molecular formula is C15H12ClN3OS. The normalized spacial score (nSPS) is 23.3. The standard InChI is InChI=1S/C15H12ClN3OS/c1-15(10-6-8-17-9-7-10)13(20)19-14(21-15)18-12-5-3-2-4-11(12)16/h2-9H,1H3,(H,18,19,20). The number of nitrogens with zero attached hydrogens (tertiary/aromatic N) is 2. The summed E-state index contributed by atoms with van der Waals surface area (Å²) < 4.78 is -0.705. The predicted octanol–water partition coefficient (Wildman–Crippen LogP) is 3.50. The maximum atomic E-state index is 12.3. The largest absolute Gasteiger partial charge is 0.304 e. The molecule has 1 fully saturated rings. The van der Waals surface area contributed by atoms with E-state index in [4.69, 9.17) is 11.6 Å². The van der Waals surface area contributed by atoms with Crippen LogP contribution < -0.4 is 5.32 Å². The maximum Gasteiger partial charge on any atom is 0.246 e. The minimum atomic E-state index is -0.705. The number of carbonyl (C=O) groups excluding carboxylic acids is 1. The summed E-state index contributed by atoms with van der Waals surface area (Å²) in [6.45, 7) is 1.87. The lowest BCUT2D eigenvalue weighted by molar-refractivity contribution is -0.121. The third kappa shape index (κ3) is 2.66. The van der Waals surface area contributed by atoms with E-state index in [2.05, 4.69) is 15.3 Å². The first-order valence-electron chi connectivity index (χ1n) is 6.34. The molecule has 1 aliphatic rings. The van der Waals surface area contributed by atoms with Gasteiger partial charge in [-0.15, -0.1) is 0 Å². The Morgan fingerprint density at radius 3 is 2.67 bits per heavy atom. The number of aliphatic imine (C=N–C) groups is 1. The molecule has 1 atom stereocenters. The minimum absolute atomic E-state index is 0.0931. The van der Waals surface area contributed by atoms with E-state index in [0.29, 0.717) is 15.9 Å². The Hall–Kier alpha value is -1.85. The number of nitrogens with one attached hydrogen (secondary N) is 1. The van der Waals surface area contributed by atoms with Crippen molar-refractivity contribution in [2.45, 2.75) is 11.7 Å². The van der Waals surface area contributed by atoms with Crippen molar-refractivity contribution in [2.24, 2.45) is 4.99 Å². The van der Waals surface area contributed by atoms with Crippen LogP contribution in [0, 0.1) is 0 Å². The van der Waals surface area contributed by atoms with Gasteiger partial charge in [0.15, 0.2) is 5.17 Å². The number of hydrogen-bond acceptors (Lipinski definition) is 4. The van der Waals surface area contributed by atoms with Crippen LogP contribution in [0.4, 0.5) is 5.69 Å². The molecule has 2 aromatic rings. The number of amidine groups is 1. The lowest BCUT2D eigenvalue weighted by atomic mass is 10.0. The van der Waals surface area contributed by atoms with Crippen LogP contribution in [0.2, 0.25) is 5.02 Å². The van der Waals surface area contributed by atoms with Crippen LogP contribution in [-0.4, -0.2) is 16.1 Å². The summed E-state index contributed by atoms with van der Waals surface area (Å²) in [5, 5.41) is 3.92. The molecular weight excluding hydrogens is 306 g/mol. The number of rotatable bonds is 2. The zero-order valence-corrected chi connectivity index (χ0v) is 12.8. The minimum Gasteiger partial charge on any atom is -0.304 e. The van der Waals surface area contributed by atoms with Crippen molar-refractivity contribution in [3.05, 3.63) is 59.4 Å². The summed E-state index contributed by atoms with van der Waals surface area (Å²) in [5.74, 6) is -0.0931. The van der Waals surface area contributed by atoms with E-state index >= 15 is 0 Å². The highest BCUT2D eigenvalue weighted by Gasteiger charge is 2.44. The molecule has 1 aromatic carbocycles. The quantitative estimate of drug-likeness (QED) is 0.922. The second-order valence-electron chi connectivity index (χ2n) is 4.69. The van der Waals surface area contributed by atoms with E-state index in [0.717, 1.165) is 5.56 Å². The molecule has 6 heteroatoms. The van der Waals surface area contributed by atoms with Crippen LogP contribution in [0.15, 0.2) is 53.8 Å². The highest BCUT2D eigenvalue weighted by atomic mass is 35.5. The molecule has 1 N–H and O–H groups in total. The summed E-state index contributed by atoms with van der Waals surface area (Å²) in [6, 6.07) is 11.0. The van der Waals surface area contributed by atoms with Gasteiger partial charge in [0, 0.05) is 12.4 Å². The number of carbonyl (C=O) groups is 1. The van der Waals surface area contributed by atoms with Gasteiger partial charge in [0.05, 0.1) is 10.7 Å². The van der Waals surface area contributed by atoms with Crippen molar-refractivity contribution >= 4 is 40.1 Å². The fraction of sp³-hybridized carbons (Fsp3) is 0.133. The number of halogens is 1. The number of aromatic nitrogens is 1. The Labute approximate surface area is 131 Å². The number of benzene rings is 1. The highest BCUT2D eigenvalue weighted by Crippen LogP contribution is 2.41. The van der Waals surface area contributed by atoms with Crippen LogP contribution in [0.25, 0.3) is 0 Å². The molecule has 2 heterocycles. The Balaban J connectivity index is 1.94. The third-order valence-electron chi connectivity index (χ3n) is 3.26. The number of para-hydroxylation sites is 1. The Bertz CT molecular complexity index is 720. The predicted molar refractivity (Wildman–Crippen MR) is 85.9 cm³/mol. The van der Waals surface area contributed by atoms with Crippen molar-refractivity contribution in [2.75, 3.05) is 0 Å². The van der Waals surface area contributed by atoms with E-state index in [1.165, 1.54) is 11.8 Å². The Morgan fingerprint density at radius 2 is 1.95 bits per heavy atom. The zero-order valence-electron chi connectivity index (χ0n) is 11.2.